The van der Waals surface area contributed by atoms with Gasteiger partial charge in [-0.25, -0.2) is 0 Å². The standard InChI is InChI=1S/C10H22O9S3/c1-5-6-7-9(18-21(3,13)14)10(19-22(4,15)16)8-17-20(2,11)12/h9-10H,5-8H2,1-4H3. The number of hydrogen-bond donors (Lipinski definition) is 0. The summed E-state index contributed by atoms with van der Waals surface area (Å²) in [6.07, 6.45) is 1.17. The molecule has 22 heavy (non-hydrogen) atoms. The van der Waals surface area contributed by atoms with Gasteiger partial charge in [0.05, 0.1) is 25.4 Å². The van der Waals surface area contributed by atoms with Gasteiger partial charge in [-0.3, -0.25) is 12.5 Å². The molecule has 0 aliphatic rings. The summed E-state index contributed by atoms with van der Waals surface area (Å²) in [5, 5.41) is 0. The van der Waals surface area contributed by atoms with Crippen LogP contribution in [0.5, 0.6) is 0 Å². The molecule has 0 amide bonds. The molecule has 134 valence electrons. The second-order valence-corrected chi connectivity index (χ2v) is 9.65. The van der Waals surface area contributed by atoms with Crippen LogP contribution in [0, 0.1) is 0 Å². The minimum Gasteiger partial charge on any atom is -0.267 e. The molecule has 0 saturated carbocycles. The molecule has 0 spiro atoms. The van der Waals surface area contributed by atoms with Crippen molar-refractivity contribution in [2.45, 2.75) is 38.4 Å². The first-order chi connectivity index (χ1) is 9.73. The van der Waals surface area contributed by atoms with Crippen LogP contribution in [0.2, 0.25) is 0 Å². The highest BCUT2D eigenvalue weighted by Crippen LogP contribution is 2.17. The Balaban J connectivity index is 5.31. The zero-order chi connectivity index (χ0) is 17.6. The molecule has 2 atom stereocenters. The zero-order valence-electron chi connectivity index (χ0n) is 12.9. The second kappa shape index (κ2) is 8.55. The van der Waals surface area contributed by atoms with Crippen LogP contribution in [0.4, 0.5) is 0 Å². The van der Waals surface area contributed by atoms with E-state index in [1.54, 1.807) is 0 Å². The molecular formula is C10H22O9S3. The lowest BCUT2D eigenvalue weighted by atomic mass is 10.1. The normalized spacial score (nSPS) is 16.4. The van der Waals surface area contributed by atoms with Gasteiger partial charge in [-0.05, 0) is 6.42 Å². The summed E-state index contributed by atoms with van der Waals surface area (Å²) in [4.78, 5) is 0. The van der Waals surface area contributed by atoms with Crippen molar-refractivity contribution >= 4 is 30.4 Å². The Kier molecular flexibility index (Phi) is 8.44. The zero-order valence-corrected chi connectivity index (χ0v) is 15.3. The van der Waals surface area contributed by atoms with E-state index in [4.69, 9.17) is 8.37 Å². The van der Waals surface area contributed by atoms with Crippen LogP contribution in [0.15, 0.2) is 0 Å². The fourth-order valence-corrected chi connectivity index (χ4v) is 3.22. The molecule has 0 aliphatic heterocycles. The van der Waals surface area contributed by atoms with Gasteiger partial charge in [0.2, 0.25) is 0 Å². The smallest absolute Gasteiger partial charge is 0.264 e. The molecule has 0 saturated heterocycles. The maximum absolute atomic E-state index is 11.3. The molecule has 0 bridgehead atoms. The number of hydrogen-bond acceptors (Lipinski definition) is 9. The lowest BCUT2D eigenvalue weighted by molar-refractivity contribution is 0.0276. The minimum atomic E-state index is -3.97. The molecule has 0 fully saturated rings. The van der Waals surface area contributed by atoms with Crippen LogP contribution >= 0.6 is 0 Å². The molecule has 0 radical (unpaired) electrons. The maximum Gasteiger partial charge on any atom is 0.264 e. The van der Waals surface area contributed by atoms with Gasteiger partial charge in [0.1, 0.15) is 12.2 Å². The Hall–Kier alpha value is -0.270. The number of unbranched alkanes of at least 4 members (excludes halogenated alkanes) is 1. The van der Waals surface area contributed by atoms with Crippen molar-refractivity contribution in [3.63, 3.8) is 0 Å². The Morgan fingerprint density at radius 2 is 1.23 bits per heavy atom. The third kappa shape index (κ3) is 12.3. The summed E-state index contributed by atoms with van der Waals surface area (Å²) >= 11 is 0. The summed E-state index contributed by atoms with van der Waals surface area (Å²) in [7, 11) is -11.7. The summed E-state index contributed by atoms with van der Waals surface area (Å²) in [5.74, 6) is 0. The lowest BCUT2D eigenvalue weighted by Gasteiger charge is -2.24. The first-order valence-corrected chi connectivity index (χ1v) is 11.8. The summed E-state index contributed by atoms with van der Waals surface area (Å²) in [6, 6.07) is 0. The molecule has 0 rings (SSSR count). The number of rotatable bonds is 11. The third-order valence-electron chi connectivity index (χ3n) is 2.30. The van der Waals surface area contributed by atoms with Crippen molar-refractivity contribution in [3.8, 4) is 0 Å². The third-order valence-corrected chi connectivity index (χ3v) is 4.06. The summed E-state index contributed by atoms with van der Waals surface area (Å²) in [6.45, 7) is 1.17. The average molecular weight is 382 g/mol. The first-order valence-electron chi connectivity index (χ1n) is 6.34. The molecule has 2 unspecified atom stereocenters. The van der Waals surface area contributed by atoms with Crippen LogP contribution in [0.25, 0.3) is 0 Å². The van der Waals surface area contributed by atoms with E-state index in [2.05, 4.69) is 4.18 Å². The van der Waals surface area contributed by atoms with E-state index >= 15 is 0 Å². The van der Waals surface area contributed by atoms with Gasteiger partial charge in [-0.2, -0.15) is 25.3 Å². The Labute approximate surface area is 132 Å². The first kappa shape index (κ1) is 21.7. The highest BCUT2D eigenvalue weighted by Gasteiger charge is 2.31. The van der Waals surface area contributed by atoms with E-state index < -0.39 is 49.2 Å². The van der Waals surface area contributed by atoms with Crippen molar-refractivity contribution in [3.05, 3.63) is 0 Å². The molecule has 0 aromatic heterocycles. The van der Waals surface area contributed by atoms with E-state index in [-0.39, 0.29) is 6.42 Å². The molecule has 0 N–H and O–H groups in total. The minimum absolute atomic E-state index is 0.164. The topological polar surface area (TPSA) is 130 Å². The van der Waals surface area contributed by atoms with E-state index in [0.29, 0.717) is 12.8 Å². The van der Waals surface area contributed by atoms with E-state index in [0.717, 1.165) is 18.8 Å². The molecule has 0 aliphatic carbocycles. The molecule has 0 heterocycles. The fourth-order valence-electron chi connectivity index (χ4n) is 1.54. The van der Waals surface area contributed by atoms with Crippen molar-refractivity contribution in [2.75, 3.05) is 25.4 Å². The summed E-state index contributed by atoms with van der Waals surface area (Å²) in [5.41, 5.74) is 0. The Bertz CT molecular complexity index is 633. The predicted octanol–water partition coefficient (Wildman–Crippen LogP) is -0.158. The van der Waals surface area contributed by atoms with Crippen LogP contribution in [-0.4, -0.2) is 62.8 Å². The highest BCUT2D eigenvalue weighted by molar-refractivity contribution is 7.86. The lowest BCUT2D eigenvalue weighted by Crippen LogP contribution is -2.39. The van der Waals surface area contributed by atoms with Crippen molar-refractivity contribution < 1.29 is 37.8 Å². The van der Waals surface area contributed by atoms with E-state index in [1.165, 1.54) is 0 Å². The maximum atomic E-state index is 11.3. The van der Waals surface area contributed by atoms with Crippen LogP contribution in [0.1, 0.15) is 26.2 Å². The largest absolute Gasteiger partial charge is 0.267 e. The quantitative estimate of drug-likeness (QED) is 0.447. The summed E-state index contributed by atoms with van der Waals surface area (Å²) < 4.78 is 81.3. The van der Waals surface area contributed by atoms with Gasteiger partial charge in [0.15, 0.2) is 0 Å². The highest BCUT2D eigenvalue weighted by atomic mass is 32.2. The predicted molar refractivity (Wildman–Crippen MR) is 79.8 cm³/mol. The van der Waals surface area contributed by atoms with E-state index in [1.807, 2.05) is 6.92 Å². The van der Waals surface area contributed by atoms with Gasteiger partial charge in [-0.15, -0.1) is 0 Å². The monoisotopic (exact) mass is 382 g/mol. The van der Waals surface area contributed by atoms with Gasteiger partial charge in [-0.1, -0.05) is 19.8 Å². The molecular weight excluding hydrogens is 360 g/mol. The molecule has 9 nitrogen and oxygen atoms in total. The molecule has 0 aromatic carbocycles. The van der Waals surface area contributed by atoms with Gasteiger partial charge in [0.25, 0.3) is 30.4 Å². The van der Waals surface area contributed by atoms with Crippen molar-refractivity contribution in [2.24, 2.45) is 0 Å². The van der Waals surface area contributed by atoms with Gasteiger partial charge < -0.3 is 0 Å². The SMILES string of the molecule is CCCCC(OS(C)(=O)=O)C(COS(C)(=O)=O)OS(C)(=O)=O. The van der Waals surface area contributed by atoms with Gasteiger partial charge in [0, 0.05) is 0 Å². The van der Waals surface area contributed by atoms with Crippen molar-refractivity contribution in [1.82, 2.24) is 0 Å². The Morgan fingerprint density at radius 1 is 0.773 bits per heavy atom. The van der Waals surface area contributed by atoms with Gasteiger partial charge >= 0.3 is 0 Å². The van der Waals surface area contributed by atoms with Crippen molar-refractivity contribution in [1.29, 1.82) is 0 Å². The van der Waals surface area contributed by atoms with Crippen LogP contribution < -0.4 is 0 Å². The molecule has 12 heteroatoms. The van der Waals surface area contributed by atoms with E-state index in [9.17, 15) is 25.3 Å². The average Bonchev–Trinajstić information content (AvgIpc) is 2.26. The fraction of sp³-hybridized carbons (Fsp3) is 1.00. The Morgan fingerprint density at radius 3 is 1.59 bits per heavy atom. The molecule has 0 aromatic rings. The second-order valence-electron chi connectivity index (χ2n) is 4.81. The van der Waals surface area contributed by atoms with Crippen LogP contribution in [-0.2, 0) is 42.9 Å². The van der Waals surface area contributed by atoms with Crippen LogP contribution in [0.3, 0.4) is 0 Å².